The van der Waals surface area contributed by atoms with E-state index in [1.165, 1.54) is 0 Å². The molecule has 0 radical (unpaired) electrons. The number of benzene rings is 2. The monoisotopic (exact) mass is 350 g/mol. The average Bonchev–Trinajstić information content (AvgIpc) is 3.08. The van der Waals surface area contributed by atoms with Crippen molar-refractivity contribution in [2.75, 3.05) is 18.0 Å². The average molecular weight is 350 g/mol. The molecule has 5 nitrogen and oxygen atoms in total. The molecule has 0 aliphatic carbocycles. The zero-order chi connectivity index (χ0) is 18.5. The fourth-order valence-corrected chi connectivity index (χ4v) is 3.20. The third-order valence-electron chi connectivity index (χ3n) is 4.65. The van der Waals surface area contributed by atoms with Crippen LogP contribution >= 0.6 is 0 Å². The highest BCUT2D eigenvalue weighted by atomic mass is 16.2. The molecule has 134 valence electrons. The van der Waals surface area contributed by atoms with Crippen molar-refractivity contribution in [2.24, 2.45) is 0 Å². The van der Waals surface area contributed by atoms with Gasteiger partial charge in [0.2, 0.25) is 11.8 Å². The Hall–Kier alpha value is -2.95. The van der Waals surface area contributed by atoms with E-state index >= 15 is 0 Å². The normalized spacial score (nSPS) is 12.6. The van der Waals surface area contributed by atoms with Gasteiger partial charge < -0.3 is 10.2 Å². The van der Waals surface area contributed by atoms with Gasteiger partial charge in [-0.05, 0) is 30.5 Å². The molecule has 1 aliphatic rings. The molecule has 2 amide bonds. The number of ketones is 1. The van der Waals surface area contributed by atoms with Crippen LogP contribution in [-0.4, -0.2) is 30.7 Å². The third kappa shape index (κ3) is 3.99. The quantitative estimate of drug-likeness (QED) is 0.815. The van der Waals surface area contributed by atoms with E-state index in [1.807, 2.05) is 49.4 Å². The van der Waals surface area contributed by atoms with E-state index in [1.54, 1.807) is 11.0 Å². The molecule has 0 bridgehead atoms. The van der Waals surface area contributed by atoms with Crippen molar-refractivity contribution in [3.63, 3.8) is 0 Å². The Labute approximate surface area is 153 Å². The van der Waals surface area contributed by atoms with Crippen molar-refractivity contribution in [3.05, 3.63) is 65.2 Å². The van der Waals surface area contributed by atoms with Crippen LogP contribution in [0.25, 0.3) is 0 Å². The highest BCUT2D eigenvalue weighted by Crippen LogP contribution is 2.27. The van der Waals surface area contributed by atoms with Crippen molar-refractivity contribution in [2.45, 2.75) is 26.2 Å². The van der Waals surface area contributed by atoms with E-state index in [9.17, 15) is 14.4 Å². The second kappa shape index (κ2) is 7.95. The molecule has 1 aliphatic heterocycles. The van der Waals surface area contributed by atoms with E-state index in [-0.39, 0.29) is 37.0 Å². The van der Waals surface area contributed by atoms with Gasteiger partial charge in [0.25, 0.3) is 0 Å². The molecule has 3 rings (SSSR count). The predicted molar refractivity (Wildman–Crippen MR) is 100 cm³/mol. The van der Waals surface area contributed by atoms with Gasteiger partial charge in [-0.1, -0.05) is 42.5 Å². The van der Waals surface area contributed by atoms with Crippen molar-refractivity contribution in [1.29, 1.82) is 0 Å². The van der Waals surface area contributed by atoms with Gasteiger partial charge in [-0.3, -0.25) is 14.4 Å². The first-order chi connectivity index (χ1) is 12.6. The van der Waals surface area contributed by atoms with E-state index in [0.717, 1.165) is 23.2 Å². The zero-order valence-corrected chi connectivity index (χ0v) is 14.8. The molecule has 2 aromatic rings. The van der Waals surface area contributed by atoms with Crippen molar-refractivity contribution < 1.29 is 14.4 Å². The molecule has 5 heteroatoms. The maximum atomic E-state index is 12.4. The molecule has 1 N–H and O–H groups in total. The number of carbonyl (C=O) groups excluding carboxylic acids is 3. The van der Waals surface area contributed by atoms with Gasteiger partial charge in [0, 0.05) is 30.6 Å². The summed E-state index contributed by atoms with van der Waals surface area (Å²) < 4.78 is 0. The first kappa shape index (κ1) is 17.9. The van der Waals surface area contributed by atoms with Gasteiger partial charge in [-0.2, -0.15) is 0 Å². The Morgan fingerprint density at radius 1 is 1.00 bits per heavy atom. The third-order valence-corrected chi connectivity index (χ3v) is 4.65. The molecule has 0 saturated heterocycles. The fraction of sp³-hybridized carbons (Fsp3) is 0.286. The number of aryl methyl sites for hydroxylation is 1. The van der Waals surface area contributed by atoms with Crippen LogP contribution in [0.15, 0.2) is 48.5 Å². The van der Waals surface area contributed by atoms with Crippen LogP contribution in [0.5, 0.6) is 0 Å². The minimum atomic E-state index is -0.284. The van der Waals surface area contributed by atoms with Crippen LogP contribution in [0, 0.1) is 6.92 Å². The second-order valence-corrected chi connectivity index (χ2v) is 6.44. The summed E-state index contributed by atoms with van der Waals surface area (Å²) in [7, 11) is 0. The lowest BCUT2D eigenvalue weighted by Crippen LogP contribution is -2.39. The highest BCUT2D eigenvalue weighted by molar-refractivity contribution is 6.00. The summed E-state index contributed by atoms with van der Waals surface area (Å²) in [4.78, 5) is 38.3. The largest absolute Gasteiger partial charge is 0.347 e. The fourth-order valence-electron chi connectivity index (χ4n) is 3.20. The molecule has 0 spiro atoms. The summed E-state index contributed by atoms with van der Waals surface area (Å²) in [6, 6.07) is 15.1. The SMILES string of the molecule is Cc1ccccc1C(=O)CCC(=O)NCC(=O)N1CCc2ccccc21. The Kier molecular flexibility index (Phi) is 5.46. The summed E-state index contributed by atoms with van der Waals surface area (Å²) >= 11 is 0. The number of Topliss-reactive ketones (excluding diaryl/α,β-unsaturated/α-hetero) is 1. The second-order valence-electron chi connectivity index (χ2n) is 6.44. The Morgan fingerprint density at radius 2 is 1.73 bits per heavy atom. The van der Waals surface area contributed by atoms with Gasteiger partial charge in [-0.25, -0.2) is 0 Å². The Balaban J connectivity index is 1.47. The topological polar surface area (TPSA) is 66.5 Å². The number of rotatable bonds is 6. The first-order valence-electron chi connectivity index (χ1n) is 8.80. The highest BCUT2D eigenvalue weighted by Gasteiger charge is 2.24. The van der Waals surface area contributed by atoms with E-state index in [4.69, 9.17) is 0 Å². The maximum absolute atomic E-state index is 12.4. The number of para-hydroxylation sites is 1. The number of nitrogens with zero attached hydrogens (tertiary/aromatic N) is 1. The number of hydrogen-bond donors (Lipinski definition) is 1. The van der Waals surface area contributed by atoms with Crippen molar-refractivity contribution in [1.82, 2.24) is 5.32 Å². The molecular weight excluding hydrogens is 328 g/mol. The number of anilines is 1. The summed E-state index contributed by atoms with van der Waals surface area (Å²) in [5.74, 6) is -0.473. The Morgan fingerprint density at radius 3 is 2.54 bits per heavy atom. The van der Waals surface area contributed by atoms with E-state index in [2.05, 4.69) is 5.32 Å². The van der Waals surface area contributed by atoms with E-state index < -0.39 is 0 Å². The predicted octanol–water partition coefficient (Wildman–Crippen LogP) is 2.66. The maximum Gasteiger partial charge on any atom is 0.246 e. The first-order valence-corrected chi connectivity index (χ1v) is 8.80. The Bertz CT molecular complexity index is 845. The number of carbonyl (C=O) groups is 3. The van der Waals surface area contributed by atoms with Crippen molar-refractivity contribution >= 4 is 23.3 Å². The molecule has 1 heterocycles. The number of hydrogen-bond acceptors (Lipinski definition) is 3. The van der Waals surface area contributed by atoms with E-state index in [0.29, 0.717) is 12.1 Å². The van der Waals surface area contributed by atoms with Crippen LogP contribution in [0.1, 0.15) is 34.3 Å². The molecule has 26 heavy (non-hydrogen) atoms. The van der Waals surface area contributed by atoms with Crippen LogP contribution in [0.3, 0.4) is 0 Å². The van der Waals surface area contributed by atoms with Gasteiger partial charge in [0.05, 0.1) is 6.54 Å². The number of nitrogens with one attached hydrogen (secondary N) is 1. The van der Waals surface area contributed by atoms with Crippen molar-refractivity contribution in [3.8, 4) is 0 Å². The molecular formula is C21H22N2O3. The van der Waals surface area contributed by atoms with Gasteiger partial charge in [0.1, 0.15) is 0 Å². The van der Waals surface area contributed by atoms with Crippen LogP contribution in [0.4, 0.5) is 5.69 Å². The summed E-state index contributed by atoms with van der Waals surface area (Å²) in [6.07, 6.45) is 1.05. The summed E-state index contributed by atoms with van der Waals surface area (Å²) in [5, 5.41) is 2.63. The zero-order valence-electron chi connectivity index (χ0n) is 14.8. The lowest BCUT2D eigenvalue weighted by Gasteiger charge is -2.17. The molecule has 0 atom stereocenters. The van der Waals surface area contributed by atoms with Gasteiger partial charge in [-0.15, -0.1) is 0 Å². The minimum Gasteiger partial charge on any atom is -0.347 e. The molecule has 2 aromatic carbocycles. The molecule has 0 unspecified atom stereocenters. The molecule has 0 saturated carbocycles. The minimum absolute atomic E-state index is 0.0499. The standard InChI is InChI=1S/C21H22N2O3/c1-15-6-2-4-8-17(15)19(24)10-11-20(25)22-14-21(26)23-13-12-16-7-3-5-9-18(16)23/h2-9H,10-14H2,1H3,(H,22,25). The van der Waals surface area contributed by atoms with Crippen LogP contribution < -0.4 is 10.2 Å². The molecule has 0 fully saturated rings. The number of amides is 2. The van der Waals surface area contributed by atoms with Gasteiger partial charge >= 0.3 is 0 Å². The smallest absolute Gasteiger partial charge is 0.246 e. The summed E-state index contributed by atoms with van der Waals surface area (Å²) in [6.45, 7) is 2.46. The molecule has 0 aromatic heterocycles. The van der Waals surface area contributed by atoms with Gasteiger partial charge in [0.15, 0.2) is 5.78 Å². The number of fused-ring (bicyclic) bond motifs is 1. The lowest BCUT2D eigenvalue weighted by atomic mass is 10.0. The summed E-state index contributed by atoms with van der Waals surface area (Å²) in [5.41, 5.74) is 3.61. The van der Waals surface area contributed by atoms with Crippen LogP contribution in [0.2, 0.25) is 0 Å². The van der Waals surface area contributed by atoms with Crippen LogP contribution in [-0.2, 0) is 16.0 Å². The lowest BCUT2D eigenvalue weighted by molar-refractivity contribution is -0.124.